The van der Waals surface area contributed by atoms with Crippen LogP contribution in [0.2, 0.25) is 5.02 Å². The molecule has 4 rings (SSSR count). The molecule has 29 heavy (non-hydrogen) atoms. The number of carboxylic acids is 1. The predicted molar refractivity (Wildman–Crippen MR) is 100 cm³/mol. The van der Waals surface area contributed by atoms with Crippen molar-refractivity contribution < 1.29 is 27.5 Å². The number of hydrogen-bond acceptors (Lipinski definition) is 7. The summed E-state index contributed by atoms with van der Waals surface area (Å²) in [5.41, 5.74) is 11.1. The number of halogens is 4. The van der Waals surface area contributed by atoms with Crippen LogP contribution in [0.1, 0.15) is 6.42 Å². The van der Waals surface area contributed by atoms with Gasteiger partial charge in [-0.3, -0.25) is 5.43 Å². The Balaban J connectivity index is 0.000000298. The van der Waals surface area contributed by atoms with Crippen LogP contribution in [-0.4, -0.2) is 51.9 Å². The standard InChI is InChI=1S/C15H16ClN5O.C2HF3O2/c16-10-1-2-12-11(5-10)14-13(22-12)7-18-15(19-14)20-21-4-3-9(6-17)8-21;3-2(4,5)1(6)7/h1-2,5,7,9H,3-4,6,8,17H2,(H,18,19,20);(H,6,7)/t9-;/m1./s1. The van der Waals surface area contributed by atoms with Crippen molar-refractivity contribution in [3.8, 4) is 0 Å². The fraction of sp³-hybridized carbons (Fsp3) is 0.353. The van der Waals surface area contributed by atoms with Gasteiger partial charge in [0.2, 0.25) is 5.95 Å². The molecule has 0 bridgehead atoms. The Kier molecular flexibility index (Phi) is 6.10. The minimum Gasteiger partial charge on any atom is -0.475 e. The maximum atomic E-state index is 10.6. The molecule has 3 aromatic rings. The second-order valence-electron chi connectivity index (χ2n) is 6.40. The van der Waals surface area contributed by atoms with E-state index in [1.54, 1.807) is 12.3 Å². The van der Waals surface area contributed by atoms with Gasteiger partial charge in [-0.1, -0.05) is 11.6 Å². The average Bonchev–Trinajstić information content (AvgIpc) is 3.25. The molecule has 4 N–H and O–H groups in total. The number of nitrogens with one attached hydrogen (secondary N) is 1. The lowest BCUT2D eigenvalue weighted by molar-refractivity contribution is -0.192. The molecule has 0 amide bonds. The summed E-state index contributed by atoms with van der Waals surface area (Å²) >= 11 is 6.06. The molecule has 1 aromatic carbocycles. The number of anilines is 1. The van der Waals surface area contributed by atoms with Gasteiger partial charge in [0.05, 0.1) is 6.20 Å². The molecule has 1 fully saturated rings. The van der Waals surface area contributed by atoms with Gasteiger partial charge in [-0.15, -0.1) is 0 Å². The van der Waals surface area contributed by atoms with Gasteiger partial charge in [-0.25, -0.2) is 19.8 Å². The molecular formula is C17H17ClF3N5O3. The SMILES string of the molecule is NC[C@H]1CCN(Nc2ncc3oc4ccc(Cl)cc4c3n2)C1.O=C(O)C(F)(F)F. The number of furan rings is 1. The molecule has 0 spiro atoms. The molecule has 0 unspecified atom stereocenters. The Morgan fingerprint density at radius 1 is 1.41 bits per heavy atom. The van der Waals surface area contributed by atoms with Gasteiger partial charge in [-0.05, 0) is 37.1 Å². The fourth-order valence-corrected chi connectivity index (χ4v) is 3.03. The monoisotopic (exact) mass is 431 g/mol. The summed E-state index contributed by atoms with van der Waals surface area (Å²) in [7, 11) is 0. The lowest BCUT2D eigenvalue weighted by Crippen LogP contribution is -2.29. The highest BCUT2D eigenvalue weighted by molar-refractivity contribution is 6.31. The first kappa shape index (κ1) is 21.1. The molecule has 1 atom stereocenters. The van der Waals surface area contributed by atoms with Crippen LogP contribution in [0.4, 0.5) is 19.1 Å². The number of aliphatic carboxylic acids is 1. The summed E-state index contributed by atoms with van der Waals surface area (Å²) in [5, 5.41) is 10.8. The van der Waals surface area contributed by atoms with Gasteiger partial charge >= 0.3 is 12.1 Å². The number of aromatic nitrogens is 2. The van der Waals surface area contributed by atoms with E-state index in [0.717, 1.165) is 36.0 Å². The first-order valence-corrected chi connectivity index (χ1v) is 8.91. The predicted octanol–water partition coefficient (Wildman–Crippen LogP) is 3.27. The molecule has 8 nitrogen and oxygen atoms in total. The van der Waals surface area contributed by atoms with Gasteiger partial charge in [0.1, 0.15) is 11.1 Å². The van der Waals surface area contributed by atoms with E-state index in [1.807, 2.05) is 12.1 Å². The van der Waals surface area contributed by atoms with E-state index >= 15 is 0 Å². The second kappa shape index (κ2) is 8.39. The molecule has 12 heteroatoms. The number of hydrogen-bond donors (Lipinski definition) is 3. The third-order valence-electron chi connectivity index (χ3n) is 4.29. The number of benzene rings is 1. The van der Waals surface area contributed by atoms with Crippen molar-refractivity contribution in [1.82, 2.24) is 15.0 Å². The van der Waals surface area contributed by atoms with Crippen LogP contribution in [0.25, 0.3) is 22.1 Å². The summed E-state index contributed by atoms with van der Waals surface area (Å²) in [6.07, 6.45) is -2.30. The van der Waals surface area contributed by atoms with Gasteiger partial charge in [0.25, 0.3) is 0 Å². The maximum absolute atomic E-state index is 10.6. The van der Waals surface area contributed by atoms with Crippen LogP contribution in [0.3, 0.4) is 0 Å². The van der Waals surface area contributed by atoms with Crippen LogP contribution < -0.4 is 11.2 Å². The lowest BCUT2D eigenvalue weighted by Gasteiger charge is -2.16. The van der Waals surface area contributed by atoms with Crippen molar-refractivity contribution in [2.24, 2.45) is 11.7 Å². The van der Waals surface area contributed by atoms with Crippen molar-refractivity contribution >= 4 is 45.6 Å². The first-order chi connectivity index (χ1) is 13.7. The van der Waals surface area contributed by atoms with Crippen molar-refractivity contribution in [2.75, 3.05) is 25.1 Å². The third kappa shape index (κ3) is 5.05. The number of carboxylic acid groups (broad SMARTS) is 1. The van der Waals surface area contributed by atoms with Crippen LogP contribution in [0, 0.1) is 5.92 Å². The molecule has 0 aliphatic carbocycles. The van der Waals surface area contributed by atoms with E-state index < -0.39 is 12.1 Å². The largest absolute Gasteiger partial charge is 0.490 e. The number of fused-ring (bicyclic) bond motifs is 3. The first-order valence-electron chi connectivity index (χ1n) is 8.54. The summed E-state index contributed by atoms with van der Waals surface area (Å²) in [4.78, 5) is 17.8. The fourth-order valence-electron chi connectivity index (χ4n) is 2.86. The van der Waals surface area contributed by atoms with Gasteiger partial charge in [-0.2, -0.15) is 13.2 Å². The molecule has 2 aromatic heterocycles. The van der Waals surface area contributed by atoms with Crippen LogP contribution in [0.5, 0.6) is 0 Å². The zero-order valence-corrected chi connectivity index (χ0v) is 15.7. The second-order valence-corrected chi connectivity index (χ2v) is 6.84. The van der Waals surface area contributed by atoms with Crippen LogP contribution in [-0.2, 0) is 4.79 Å². The van der Waals surface area contributed by atoms with Crippen molar-refractivity contribution in [3.05, 3.63) is 29.4 Å². The maximum Gasteiger partial charge on any atom is 0.490 e. The molecule has 0 saturated carbocycles. The van der Waals surface area contributed by atoms with E-state index in [0.29, 0.717) is 29.0 Å². The molecule has 156 valence electrons. The summed E-state index contributed by atoms with van der Waals surface area (Å²) in [6, 6.07) is 5.51. The van der Waals surface area contributed by atoms with Crippen LogP contribution in [0.15, 0.2) is 28.8 Å². The minimum absolute atomic E-state index is 0.532. The van der Waals surface area contributed by atoms with Gasteiger partial charge in [0, 0.05) is 23.5 Å². The van der Waals surface area contributed by atoms with Crippen molar-refractivity contribution in [1.29, 1.82) is 0 Å². The highest BCUT2D eigenvalue weighted by Crippen LogP contribution is 2.29. The molecule has 1 aliphatic rings. The Morgan fingerprint density at radius 3 is 2.76 bits per heavy atom. The molecule has 1 saturated heterocycles. The molecule has 0 radical (unpaired) electrons. The molecule has 3 heterocycles. The zero-order valence-electron chi connectivity index (χ0n) is 14.9. The number of rotatable bonds is 3. The van der Waals surface area contributed by atoms with Crippen LogP contribution >= 0.6 is 11.6 Å². The number of carbonyl (C=O) groups is 1. The number of nitrogens with zero attached hydrogens (tertiary/aromatic N) is 3. The molecular weight excluding hydrogens is 415 g/mol. The Bertz CT molecular complexity index is 1030. The minimum atomic E-state index is -5.08. The van der Waals surface area contributed by atoms with E-state index in [2.05, 4.69) is 20.4 Å². The Labute approximate surface area is 167 Å². The summed E-state index contributed by atoms with van der Waals surface area (Å²) in [6.45, 7) is 2.57. The van der Waals surface area contributed by atoms with E-state index in [4.69, 9.17) is 31.7 Å². The molecule has 1 aliphatic heterocycles. The number of hydrazine groups is 1. The summed E-state index contributed by atoms with van der Waals surface area (Å²) in [5.74, 6) is -1.66. The van der Waals surface area contributed by atoms with E-state index in [1.165, 1.54) is 0 Å². The van der Waals surface area contributed by atoms with Gasteiger partial charge in [0.15, 0.2) is 5.58 Å². The van der Waals surface area contributed by atoms with E-state index in [9.17, 15) is 13.2 Å². The van der Waals surface area contributed by atoms with Crippen molar-refractivity contribution in [3.63, 3.8) is 0 Å². The number of nitrogens with two attached hydrogens (primary N) is 1. The Morgan fingerprint density at radius 2 is 2.14 bits per heavy atom. The van der Waals surface area contributed by atoms with E-state index in [-0.39, 0.29) is 0 Å². The summed E-state index contributed by atoms with van der Waals surface area (Å²) < 4.78 is 37.5. The Hall–Kier alpha value is -2.63. The third-order valence-corrected chi connectivity index (χ3v) is 4.53. The van der Waals surface area contributed by atoms with Crippen molar-refractivity contribution in [2.45, 2.75) is 12.6 Å². The highest BCUT2D eigenvalue weighted by Gasteiger charge is 2.38. The highest BCUT2D eigenvalue weighted by atomic mass is 35.5. The topological polar surface area (TPSA) is 118 Å². The van der Waals surface area contributed by atoms with Gasteiger partial charge < -0.3 is 15.3 Å². The normalized spacial score (nSPS) is 17.3. The quantitative estimate of drug-likeness (QED) is 0.578. The zero-order chi connectivity index (χ0) is 21.2. The number of alkyl halides is 3. The average molecular weight is 432 g/mol. The smallest absolute Gasteiger partial charge is 0.475 e. The lowest BCUT2D eigenvalue weighted by atomic mass is 10.1.